The van der Waals surface area contributed by atoms with Gasteiger partial charge in [0.1, 0.15) is 11.5 Å². The molecule has 1 heterocycles. The first kappa shape index (κ1) is 20.2. The number of Topliss-reactive ketones (excluding diaryl/α,β-unsaturated/α-hetero) is 1. The number of benzene rings is 1. The molecule has 1 aliphatic heterocycles. The van der Waals surface area contributed by atoms with Gasteiger partial charge < -0.3 is 5.11 Å². The molecule has 2 bridgehead atoms. The largest absolute Gasteiger partial charge is 0.508 e. The lowest BCUT2D eigenvalue weighted by Crippen LogP contribution is -2.65. The lowest BCUT2D eigenvalue weighted by atomic mass is 9.48. The second kappa shape index (κ2) is 7.65. The summed E-state index contributed by atoms with van der Waals surface area (Å²) in [5.74, 6) is 2.81. The Hall–Kier alpha value is -1.06. The fraction of sp³-hybridized carbons (Fsp3) is 0.708. The van der Waals surface area contributed by atoms with Crippen molar-refractivity contribution in [2.45, 2.75) is 76.2 Å². The van der Waals surface area contributed by atoms with Crippen LogP contribution in [-0.2, 0) is 16.6 Å². The Kier molecular flexibility index (Phi) is 5.52. The highest BCUT2D eigenvalue weighted by molar-refractivity contribution is 5.85. The maximum absolute atomic E-state index is 12.8. The number of halogens is 1. The predicted molar refractivity (Wildman–Crippen MR) is 114 cm³/mol. The highest BCUT2D eigenvalue weighted by Gasteiger charge is 2.58. The second-order valence-electron chi connectivity index (χ2n) is 9.81. The van der Waals surface area contributed by atoms with Crippen LogP contribution >= 0.6 is 12.4 Å². The molecule has 0 spiro atoms. The molecule has 1 unspecified atom stereocenters. The Morgan fingerprint density at radius 3 is 2.79 bits per heavy atom. The molecule has 1 aromatic carbocycles. The van der Waals surface area contributed by atoms with E-state index in [9.17, 15) is 9.90 Å². The number of phenolic OH excluding ortho intramolecular Hbond substituents is 1. The normalized spacial score (nSPS) is 34.8. The van der Waals surface area contributed by atoms with Crippen molar-refractivity contribution in [1.82, 2.24) is 4.90 Å². The highest BCUT2D eigenvalue weighted by atomic mass is 35.5. The fourth-order valence-corrected chi connectivity index (χ4v) is 7.07. The van der Waals surface area contributed by atoms with Crippen LogP contribution in [0.15, 0.2) is 18.2 Å². The summed E-state index contributed by atoms with van der Waals surface area (Å²) in [5.41, 5.74) is 2.67. The molecular weight excluding hydrogens is 370 g/mol. The molecule has 0 amide bonds. The van der Waals surface area contributed by atoms with Gasteiger partial charge in [0.05, 0.1) is 0 Å². The molecule has 154 valence electrons. The number of carbonyl (C=O) groups excluding carboxylic acids is 1. The Morgan fingerprint density at radius 1 is 1.25 bits per heavy atom. The Morgan fingerprint density at radius 2 is 2.07 bits per heavy atom. The summed E-state index contributed by atoms with van der Waals surface area (Å²) in [6.07, 6.45) is 10.2. The number of hydrogen-bond donors (Lipinski definition) is 1. The summed E-state index contributed by atoms with van der Waals surface area (Å²) < 4.78 is 0. The van der Waals surface area contributed by atoms with E-state index in [0.717, 1.165) is 38.1 Å². The third-order valence-corrected chi connectivity index (χ3v) is 8.31. The molecule has 1 saturated heterocycles. The van der Waals surface area contributed by atoms with E-state index in [2.05, 4.69) is 17.9 Å². The van der Waals surface area contributed by atoms with Gasteiger partial charge in [-0.2, -0.15) is 0 Å². The lowest BCUT2D eigenvalue weighted by Gasteiger charge is -2.61. The van der Waals surface area contributed by atoms with Gasteiger partial charge in [0.2, 0.25) is 0 Å². The smallest absolute Gasteiger partial charge is 0.134 e. The third kappa shape index (κ3) is 3.10. The second-order valence-corrected chi connectivity index (χ2v) is 9.81. The number of nitrogens with zero attached hydrogens (tertiary/aromatic N) is 1. The van der Waals surface area contributed by atoms with Crippen molar-refractivity contribution in [3.05, 3.63) is 29.3 Å². The van der Waals surface area contributed by atoms with E-state index in [0.29, 0.717) is 35.8 Å². The van der Waals surface area contributed by atoms with Crippen LogP contribution in [0.3, 0.4) is 0 Å². The van der Waals surface area contributed by atoms with Gasteiger partial charge >= 0.3 is 0 Å². The third-order valence-electron chi connectivity index (χ3n) is 8.31. The van der Waals surface area contributed by atoms with Crippen LogP contribution in [0.2, 0.25) is 0 Å². The monoisotopic (exact) mass is 403 g/mol. The Labute approximate surface area is 175 Å². The minimum Gasteiger partial charge on any atom is -0.508 e. The average molecular weight is 404 g/mol. The zero-order valence-corrected chi connectivity index (χ0v) is 17.8. The van der Waals surface area contributed by atoms with Crippen LogP contribution in [0.5, 0.6) is 5.75 Å². The summed E-state index contributed by atoms with van der Waals surface area (Å²) in [6, 6.07) is 6.56. The van der Waals surface area contributed by atoms with Gasteiger partial charge in [-0.15, -0.1) is 12.4 Å². The average Bonchev–Trinajstić information content (AvgIpc) is 2.60. The molecule has 0 aromatic heterocycles. The van der Waals surface area contributed by atoms with Gasteiger partial charge in [0.25, 0.3) is 0 Å². The first-order valence-electron chi connectivity index (χ1n) is 11.2. The maximum atomic E-state index is 12.8. The van der Waals surface area contributed by atoms with Gasteiger partial charge in [-0.25, -0.2) is 0 Å². The molecule has 4 atom stereocenters. The zero-order chi connectivity index (χ0) is 18.6. The van der Waals surface area contributed by atoms with Crippen LogP contribution in [0, 0.1) is 17.8 Å². The topological polar surface area (TPSA) is 40.5 Å². The maximum Gasteiger partial charge on any atom is 0.134 e. The van der Waals surface area contributed by atoms with Crippen molar-refractivity contribution in [2.24, 2.45) is 17.8 Å². The van der Waals surface area contributed by atoms with Gasteiger partial charge in [-0.05, 0) is 79.7 Å². The standard InChI is InChI=1S/C24H33NO2.ClH/c1-2-4-18-11-20(27)14-24-9-10-25(15-16-5-3-6-16)22(23(18)24)12-17-7-8-19(26)13-21(17)24;/h7-8,13,16,18,22-23,26H,2-6,9-12,14-15H2,1H3;1H/t18?,22-,23+,24-;/m1./s1. The summed E-state index contributed by atoms with van der Waals surface area (Å²) in [4.78, 5) is 15.6. The number of likely N-dealkylation sites (tertiary alicyclic amines) is 1. The van der Waals surface area contributed by atoms with Crippen LogP contribution in [-0.4, -0.2) is 34.9 Å². The number of ketones is 1. The Bertz CT molecular complexity index is 746. The van der Waals surface area contributed by atoms with E-state index in [-0.39, 0.29) is 17.8 Å². The van der Waals surface area contributed by atoms with Crippen molar-refractivity contribution >= 4 is 18.2 Å². The van der Waals surface area contributed by atoms with Crippen LogP contribution < -0.4 is 0 Å². The summed E-state index contributed by atoms with van der Waals surface area (Å²) in [5, 5.41) is 10.2. The lowest BCUT2D eigenvalue weighted by molar-refractivity contribution is -0.132. The van der Waals surface area contributed by atoms with E-state index >= 15 is 0 Å². The van der Waals surface area contributed by atoms with Gasteiger partial charge in [0.15, 0.2) is 0 Å². The SMILES string of the molecule is CCCC1CC(=O)C[C@]23CCN(CC4CCC4)[C@H](Cc4ccc(O)cc42)[C@H]13.Cl. The molecule has 4 aliphatic rings. The molecule has 3 aliphatic carbocycles. The van der Waals surface area contributed by atoms with E-state index < -0.39 is 0 Å². The molecule has 2 saturated carbocycles. The first-order valence-corrected chi connectivity index (χ1v) is 11.2. The quantitative estimate of drug-likeness (QED) is 0.778. The van der Waals surface area contributed by atoms with E-state index in [1.807, 2.05) is 12.1 Å². The van der Waals surface area contributed by atoms with Crippen LogP contribution in [0.1, 0.15) is 69.4 Å². The molecule has 0 radical (unpaired) electrons. The molecular formula is C24H34ClNO2. The summed E-state index contributed by atoms with van der Waals surface area (Å²) >= 11 is 0. The van der Waals surface area contributed by atoms with Gasteiger partial charge in [-0.3, -0.25) is 9.69 Å². The van der Waals surface area contributed by atoms with E-state index in [4.69, 9.17) is 0 Å². The molecule has 5 rings (SSSR count). The van der Waals surface area contributed by atoms with Crippen molar-refractivity contribution in [3.63, 3.8) is 0 Å². The minimum atomic E-state index is -0.0255. The van der Waals surface area contributed by atoms with Crippen molar-refractivity contribution in [3.8, 4) is 5.75 Å². The highest BCUT2D eigenvalue weighted by Crippen LogP contribution is 2.58. The first-order chi connectivity index (χ1) is 13.1. The molecule has 3 nitrogen and oxygen atoms in total. The fourth-order valence-electron chi connectivity index (χ4n) is 7.07. The number of carbonyl (C=O) groups is 1. The molecule has 1 aromatic rings. The van der Waals surface area contributed by atoms with Gasteiger partial charge in [-0.1, -0.05) is 25.8 Å². The van der Waals surface area contributed by atoms with Crippen LogP contribution in [0.25, 0.3) is 0 Å². The number of piperidine rings is 1. The molecule has 28 heavy (non-hydrogen) atoms. The molecule has 3 fully saturated rings. The number of aromatic hydroxyl groups is 1. The van der Waals surface area contributed by atoms with E-state index in [1.165, 1.54) is 43.4 Å². The number of rotatable bonds is 4. The van der Waals surface area contributed by atoms with Gasteiger partial charge in [0, 0.05) is 30.8 Å². The van der Waals surface area contributed by atoms with Crippen molar-refractivity contribution in [2.75, 3.05) is 13.1 Å². The molecule has 1 N–H and O–H groups in total. The minimum absolute atomic E-state index is 0. The molecule has 4 heteroatoms. The van der Waals surface area contributed by atoms with E-state index in [1.54, 1.807) is 0 Å². The zero-order valence-electron chi connectivity index (χ0n) is 17.0. The summed E-state index contributed by atoms with van der Waals surface area (Å²) in [6.45, 7) is 4.65. The number of phenols is 1. The summed E-state index contributed by atoms with van der Waals surface area (Å²) in [7, 11) is 0. The number of fused-ring (bicyclic) bond motifs is 1. The van der Waals surface area contributed by atoms with Crippen molar-refractivity contribution in [1.29, 1.82) is 0 Å². The number of hydrogen-bond acceptors (Lipinski definition) is 3. The Balaban J connectivity index is 0.00000192. The van der Waals surface area contributed by atoms with Crippen LogP contribution in [0.4, 0.5) is 0 Å². The predicted octanol–water partition coefficient (Wildman–Crippen LogP) is 4.88. The van der Waals surface area contributed by atoms with Crippen molar-refractivity contribution < 1.29 is 9.90 Å².